The van der Waals surface area contributed by atoms with Gasteiger partial charge in [-0.2, -0.15) is 0 Å². The van der Waals surface area contributed by atoms with Crippen LogP contribution in [0.2, 0.25) is 0 Å². The van der Waals surface area contributed by atoms with E-state index in [2.05, 4.69) is 0 Å². The number of benzene rings is 1. The van der Waals surface area contributed by atoms with Gasteiger partial charge >= 0.3 is 0 Å². The Balaban J connectivity index is 2.11. The van der Waals surface area contributed by atoms with Crippen molar-refractivity contribution in [2.24, 2.45) is 0 Å². The summed E-state index contributed by atoms with van der Waals surface area (Å²) in [5.74, 6) is -0.517. The largest absolute Gasteiger partial charge is 0.472 e. The minimum Gasteiger partial charge on any atom is -0.472 e. The summed E-state index contributed by atoms with van der Waals surface area (Å²) in [6.45, 7) is 0. The first-order valence-electron chi connectivity index (χ1n) is 4.76. The van der Waals surface area contributed by atoms with E-state index in [9.17, 15) is 9.18 Å². The first kappa shape index (κ1) is 10.4. The molecule has 3 heteroatoms. The van der Waals surface area contributed by atoms with E-state index in [-0.39, 0.29) is 11.6 Å². The third kappa shape index (κ3) is 2.45. The molecule has 0 spiro atoms. The number of rotatable bonds is 3. The SMILES string of the molecule is O=C(C=Cc1ccoc1)c1ccc(F)cc1. The maximum atomic E-state index is 12.6. The van der Waals surface area contributed by atoms with Gasteiger partial charge in [-0.05, 0) is 42.5 Å². The Bertz CT molecular complexity index is 495. The van der Waals surface area contributed by atoms with Crippen molar-refractivity contribution in [3.8, 4) is 0 Å². The van der Waals surface area contributed by atoms with E-state index in [1.165, 1.54) is 42.9 Å². The molecule has 0 fully saturated rings. The van der Waals surface area contributed by atoms with Crippen LogP contribution < -0.4 is 0 Å². The van der Waals surface area contributed by atoms with Crippen LogP contribution in [0.1, 0.15) is 15.9 Å². The lowest BCUT2D eigenvalue weighted by molar-refractivity contribution is 0.104. The number of allylic oxidation sites excluding steroid dienone is 1. The number of halogens is 1. The lowest BCUT2D eigenvalue weighted by Gasteiger charge is -1.94. The van der Waals surface area contributed by atoms with Crippen LogP contribution in [0.4, 0.5) is 4.39 Å². The molecule has 0 aliphatic rings. The van der Waals surface area contributed by atoms with E-state index in [4.69, 9.17) is 4.42 Å². The maximum absolute atomic E-state index is 12.6. The van der Waals surface area contributed by atoms with Crippen LogP contribution in [-0.4, -0.2) is 5.78 Å². The minimum atomic E-state index is -0.352. The second-order valence-electron chi connectivity index (χ2n) is 3.26. The van der Waals surface area contributed by atoms with Gasteiger partial charge in [-0.1, -0.05) is 0 Å². The quantitative estimate of drug-likeness (QED) is 0.582. The Morgan fingerprint density at radius 2 is 1.94 bits per heavy atom. The van der Waals surface area contributed by atoms with Crippen LogP contribution in [0.5, 0.6) is 0 Å². The van der Waals surface area contributed by atoms with Crippen LogP contribution in [0, 0.1) is 5.82 Å². The molecule has 0 unspecified atom stereocenters. The normalized spacial score (nSPS) is 10.8. The van der Waals surface area contributed by atoms with Crippen molar-refractivity contribution >= 4 is 11.9 Å². The predicted molar refractivity (Wildman–Crippen MR) is 58.5 cm³/mol. The Labute approximate surface area is 92.0 Å². The zero-order valence-corrected chi connectivity index (χ0v) is 8.39. The molecule has 0 amide bonds. The van der Waals surface area contributed by atoms with E-state index < -0.39 is 0 Å². The van der Waals surface area contributed by atoms with Gasteiger partial charge in [0.25, 0.3) is 0 Å². The highest BCUT2D eigenvalue weighted by Gasteiger charge is 2.01. The molecule has 2 nitrogen and oxygen atoms in total. The molecule has 80 valence electrons. The average molecular weight is 216 g/mol. The summed E-state index contributed by atoms with van der Waals surface area (Å²) in [5.41, 5.74) is 1.27. The zero-order chi connectivity index (χ0) is 11.4. The van der Waals surface area contributed by atoms with Crippen LogP contribution in [0.3, 0.4) is 0 Å². The summed E-state index contributed by atoms with van der Waals surface area (Å²) in [7, 11) is 0. The standard InChI is InChI=1S/C13H9FO2/c14-12-4-2-11(3-5-12)13(15)6-1-10-7-8-16-9-10/h1-9H. The van der Waals surface area contributed by atoms with E-state index in [0.717, 1.165) is 5.56 Å². The summed E-state index contributed by atoms with van der Waals surface area (Å²) < 4.78 is 17.5. The molecule has 1 aromatic carbocycles. The third-order valence-electron chi connectivity index (χ3n) is 2.10. The van der Waals surface area contributed by atoms with Gasteiger partial charge in [0.15, 0.2) is 5.78 Å². The number of ketones is 1. The molecule has 2 aromatic rings. The summed E-state index contributed by atoms with van der Waals surface area (Å²) in [6.07, 6.45) is 6.14. The first-order chi connectivity index (χ1) is 7.75. The molecule has 1 aromatic heterocycles. The minimum absolute atomic E-state index is 0.166. The summed E-state index contributed by atoms with van der Waals surface area (Å²) in [6, 6.07) is 7.18. The Kier molecular flexibility index (Phi) is 2.96. The molecule has 0 atom stereocenters. The Morgan fingerprint density at radius 3 is 2.56 bits per heavy atom. The highest BCUT2D eigenvalue weighted by Crippen LogP contribution is 2.07. The topological polar surface area (TPSA) is 30.2 Å². The molecular weight excluding hydrogens is 207 g/mol. The van der Waals surface area contributed by atoms with Gasteiger partial charge in [0, 0.05) is 11.1 Å². The average Bonchev–Trinajstić information content (AvgIpc) is 2.80. The van der Waals surface area contributed by atoms with Crippen molar-refractivity contribution in [2.75, 3.05) is 0 Å². The van der Waals surface area contributed by atoms with Crippen LogP contribution in [0.15, 0.2) is 53.4 Å². The van der Waals surface area contributed by atoms with Crippen molar-refractivity contribution in [3.05, 3.63) is 65.9 Å². The lowest BCUT2D eigenvalue weighted by Crippen LogP contribution is -1.93. The van der Waals surface area contributed by atoms with Gasteiger partial charge in [-0.25, -0.2) is 4.39 Å². The summed E-state index contributed by atoms with van der Waals surface area (Å²) in [5, 5.41) is 0. The number of furan rings is 1. The van der Waals surface area contributed by atoms with Crippen molar-refractivity contribution in [1.82, 2.24) is 0 Å². The molecule has 0 bridgehead atoms. The van der Waals surface area contributed by atoms with E-state index in [0.29, 0.717) is 5.56 Å². The molecule has 1 heterocycles. The van der Waals surface area contributed by atoms with Crippen LogP contribution in [-0.2, 0) is 0 Å². The van der Waals surface area contributed by atoms with Gasteiger partial charge in [-0.15, -0.1) is 0 Å². The molecular formula is C13H9FO2. The molecule has 0 saturated carbocycles. The molecule has 0 saturated heterocycles. The van der Waals surface area contributed by atoms with Crippen molar-refractivity contribution in [2.45, 2.75) is 0 Å². The van der Waals surface area contributed by atoms with Gasteiger partial charge in [0.2, 0.25) is 0 Å². The zero-order valence-electron chi connectivity index (χ0n) is 8.39. The fraction of sp³-hybridized carbons (Fsp3) is 0. The fourth-order valence-corrected chi connectivity index (χ4v) is 1.25. The van der Waals surface area contributed by atoms with E-state index in [1.54, 1.807) is 12.1 Å². The highest BCUT2D eigenvalue weighted by molar-refractivity contribution is 6.06. The molecule has 0 aliphatic carbocycles. The molecule has 2 rings (SSSR count). The van der Waals surface area contributed by atoms with Gasteiger partial charge in [-0.3, -0.25) is 4.79 Å². The smallest absolute Gasteiger partial charge is 0.185 e. The predicted octanol–water partition coefficient (Wildman–Crippen LogP) is 3.31. The van der Waals surface area contributed by atoms with Crippen molar-refractivity contribution < 1.29 is 13.6 Å². The summed E-state index contributed by atoms with van der Waals surface area (Å²) >= 11 is 0. The second-order valence-corrected chi connectivity index (χ2v) is 3.26. The van der Waals surface area contributed by atoms with Crippen LogP contribution in [0.25, 0.3) is 6.08 Å². The van der Waals surface area contributed by atoms with Gasteiger partial charge < -0.3 is 4.42 Å². The summed E-state index contributed by atoms with van der Waals surface area (Å²) in [4.78, 5) is 11.6. The lowest BCUT2D eigenvalue weighted by atomic mass is 10.1. The van der Waals surface area contributed by atoms with Gasteiger partial charge in [0.1, 0.15) is 5.82 Å². The molecule has 0 radical (unpaired) electrons. The Hall–Kier alpha value is -2.16. The number of carbonyl (C=O) groups excluding carboxylic acids is 1. The number of hydrogen-bond donors (Lipinski definition) is 0. The second kappa shape index (κ2) is 4.57. The molecule has 0 aliphatic heterocycles. The fourth-order valence-electron chi connectivity index (χ4n) is 1.25. The van der Waals surface area contributed by atoms with E-state index in [1.807, 2.05) is 0 Å². The maximum Gasteiger partial charge on any atom is 0.185 e. The molecule has 16 heavy (non-hydrogen) atoms. The Morgan fingerprint density at radius 1 is 1.19 bits per heavy atom. The van der Waals surface area contributed by atoms with Crippen molar-refractivity contribution in [1.29, 1.82) is 0 Å². The van der Waals surface area contributed by atoms with Gasteiger partial charge in [0.05, 0.1) is 12.5 Å². The third-order valence-corrected chi connectivity index (χ3v) is 2.10. The van der Waals surface area contributed by atoms with E-state index >= 15 is 0 Å². The monoisotopic (exact) mass is 216 g/mol. The van der Waals surface area contributed by atoms with Crippen molar-refractivity contribution in [3.63, 3.8) is 0 Å². The van der Waals surface area contributed by atoms with Crippen LogP contribution >= 0.6 is 0 Å². The number of hydrogen-bond acceptors (Lipinski definition) is 2. The first-order valence-corrected chi connectivity index (χ1v) is 4.76. The highest BCUT2D eigenvalue weighted by atomic mass is 19.1. The molecule has 0 N–H and O–H groups in total. The number of carbonyl (C=O) groups is 1.